The van der Waals surface area contributed by atoms with Crippen molar-refractivity contribution in [2.45, 2.75) is 6.61 Å². The fourth-order valence-electron chi connectivity index (χ4n) is 1.44. The van der Waals surface area contributed by atoms with E-state index in [4.69, 9.17) is 4.74 Å². The minimum absolute atomic E-state index is 0.281. The summed E-state index contributed by atoms with van der Waals surface area (Å²) < 4.78 is 5.09. The summed E-state index contributed by atoms with van der Waals surface area (Å²) in [5.41, 5.74) is 1.77. The highest BCUT2D eigenvalue weighted by molar-refractivity contribution is 5.69. The molecule has 0 aromatic heterocycles. The maximum atomic E-state index is 11.5. The molecule has 2 rings (SSSR count). The number of ether oxygens (including phenoxy) is 1. The summed E-state index contributed by atoms with van der Waals surface area (Å²) in [6.07, 6.45) is 5.05. The van der Waals surface area contributed by atoms with Crippen LogP contribution in [0.3, 0.4) is 0 Å². The third kappa shape index (κ3) is 3.68. The molecule has 88 valence electrons. The first-order valence-corrected chi connectivity index (χ1v) is 5.41. The summed E-state index contributed by atoms with van der Waals surface area (Å²) in [4.78, 5) is 11.5. The Bertz CT molecular complexity index is 438. The molecule has 0 bridgehead atoms. The predicted octanol–water partition coefficient (Wildman–Crippen LogP) is 1.91. The molecule has 4 heteroatoms. The number of alkyl carbamates (subject to hydrolysis) is 1. The predicted molar refractivity (Wildman–Crippen MR) is 65.0 cm³/mol. The Morgan fingerprint density at radius 3 is 2.88 bits per heavy atom. The molecule has 0 fully saturated rings. The van der Waals surface area contributed by atoms with E-state index in [2.05, 4.69) is 10.6 Å². The topological polar surface area (TPSA) is 50.4 Å². The zero-order valence-corrected chi connectivity index (χ0v) is 9.35. The molecule has 4 nitrogen and oxygen atoms in total. The Kier molecular flexibility index (Phi) is 3.81. The van der Waals surface area contributed by atoms with Gasteiger partial charge in [-0.25, -0.2) is 4.79 Å². The van der Waals surface area contributed by atoms with Crippen LogP contribution in [0.5, 0.6) is 0 Å². The molecule has 1 amide bonds. The van der Waals surface area contributed by atoms with Gasteiger partial charge in [-0.1, -0.05) is 30.3 Å². The van der Waals surface area contributed by atoms with E-state index in [-0.39, 0.29) is 6.61 Å². The van der Waals surface area contributed by atoms with Crippen LogP contribution >= 0.6 is 0 Å². The molecule has 0 radical (unpaired) electrons. The highest BCUT2D eigenvalue weighted by Crippen LogP contribution is 2.01. The molecular weight excluding hydrogens is 216 g/mol. The minimum Gasteiger partial charge on any atom is -0.444 e. The van der Waals surface area contributed by atoms with Gasteiger partial charge in [-0.05, 0) is 23.9 Å². The zero-order valence-electron chi connectivity index (χ0n) is 9.35. The van der Waals surface area contributed by atoms with Gasteiger partial charge in [0.25, 0.3) is 0 Å². The molecule has 0 spiro atoms. The van der Waals surface area contributed by atoms with Crippen LogP contribution in [0.25, 0.3) is 0 Å². The van der Waals surface area contributed by atoms with E-state index in [1.165, 1.54) is 0 Å². The highest BCUT2D eigenvalue weighted by atomic mass is 16.5. The lowest BCUT2D eigenvalue weighted by Crippen LogP contribution is -2.29. The fraction of sp³-hybridized carbons (Fsp3) is 0.154. The molecule has 0 unspecified atom stereocenters. The van der Waals surface area contributed by atoms with Crippen molar-refractivity contribution in [3.63, 3.8) is 0 Å². The average molecular weight is 230 g/mol. The number of rotatable bonds is 3. The van der Waals surface area contributed by atoms with Crippen LogP contribution < -0.4 is 10.6 Å². The summed E-state index contributed by atoms with van der Waals surface area (Å²) in [5, 5.41) is 5.67. The molecular formula is C13H14N2O2. The van der Waals surface area contributed by atoms with E-state index in [0.717, 1.165) is 11.3 Å². The Morgan fingerprint density at radius 1 is 1.35 bits per heavy atom. The van der Waals surface area contributed by atoms with Crippen molar-refractivity contribution in [1.29, 1.82) is 0 Å². The van der Waals surface area contributed by atoms with Crippen molar-refractivity contribution in [3.8, 4) is 0 Å². The van der Waals surface area contributed by atoms with Gasteiger partial charge < -0.3 is 10.1 Å². The lowest BCUT2D eigenvalue weighted by molar-refractivity contribution is 0.142. The second-order valence-electron chi connectivity index (χ2n) is 3.62. The number of amides is 1. The Morgan fingerprint density at radius 2 is 2.18 bits per heavy atom. The molecule has 0 aliphatic carbocycles. The lowest BCUT2D eigenvalue weighted by Gasteiger charge is -2.12. The third-order valence-corrected chi connectivity index (χ3v) is 2.28. The molecule has 1 aromatic rings. The van der Waals surface area contributed by atoms with Crippen molar-refractivity contribution in [2.24, 2.45) is 0 Å². The third-order valence-electron chi connectivity index (χ3n) is 2.28. The summed E-state index contributed by atoms with van der Waals surface area (Å²) in [6, 6.07) is 9.58. The molecule has 17 heavy (non-hydrogen) atoms. The van der Waals surface area contributed by atoms with Crippen LogP contribution in [0.4, 0.5) is 4.79 Å². The van der Waals surface area contributed by atoms with Crippen LogP contribution in [0, 0.1) is 0 Å². The number of carbonyl (C=O) groups excluding carboxylic acids is 1. The summed E-state index contributed by atoms with van der Waals surface area (Å²) in [6.45, 7) is 0.889. The number of dihydropyridines is 1. The Labute approximate surface area is 100.0 Å². The number of benzene rings is 1. The van der Waals surface area contributed by atoms with Gasteiger partial charge in [0.2, 0.25) is 0 Å². The Hall–Kier alpha value is -2.23. The molecule has 1 aliphatic heterocycles. The van der Waals surface area contributed by atoms with E-state index in [0.29, 0.717) is 6.54 Å². The molecule has 2 N–H and O–H groups in total. The van der Waals surface area contributed by atoms with Crippen LogP contribution in [-0.4, -0.2) is 12.6 Å². The maximum Gasteiger partial charge on any atom is 0.411 e. The first-order valence-electron chi connectivity index (χ1n) is 5.41. The number of carbonyl (C=O) groups is 1. The summed E-state index contributed by atoms with van der Waals surface area (Å²) in [7, 11) is 0. The van der Waals surface area contributed by atoms with E-state index < -0.39 is 6.09 Å². The summed E-state index contributed by atoms with van der Waals surface area (Å²) >= 11 is 0. The van der Waals surface area contributed by atoms with Crippen molar-refractivity contribution >= 4 is 6.09 Å². The van der Waals surface area contributed by atoms with Gasteiger partial charge in [0, 0.05) is 5.70 Å². The molecule has 0 saturated carbocycles. The van der Waals surface area contributed by atoms with Gasteiger partial charge in [0.15, 0.2) is 0 Å². The van der Waals surface area contributed by atoms with Crippen molar-refractivity contribution in [1.82, 2.24) is 10.6 Å². The van der Waals surface area contributed by atoms with Crippen LogP contribution in [-0.2, 0) is 11.3 Å². The monoisotopic (exact) mass is 230 g/mol. The molecule has 1 aliphatic rings. The number of allylic oxidation sites excluding steroid dienone is 2. The SMILES string of the molecule is O=C(NC1=CC=CNC1)OCc1ccccc1. The Balaban J connectivity index is 1.78. The van der Waals surface area contributed by atoms with Gasteiger partial charge in [-0.3, -0.25) is 5.32 Å². The number of hydrogen-bond acceptors (Lipinski definition) is 3. The second kappa shape index (κ2) is 5.75. The number of nitrogens with one attached hydrogen (secondary N) is 2. The quantitative estimate of drug-likeness (QED) is 0.834. The van der Waals surface area contributed by atoms with Gasteiger partial charge in [0.05, 0.1) is 6.54 Å². The molecule has 0 saturated heterocycles. The van der Waals surface area contributed by atoms with Gasteiger partial charge in [-0.2, -0.15) is 0 Å². The van der Waals surface area contributed by atoms with Gasteiger partial charge in [0.1, 0.15) is 6.61 Å². The number of hydrogen-bond donors (Lipinski definition) is 2. The molecule has 1 heterocycles. The normalized spacial score (nSPS) is 13.5. The highest BCUT2D eigenvalue weighted by Gasteiger charge is 2.06. The van der Waals surface area contributed by atoms with Crippen molar-refractivity contribution in [3.05, 3.63) is 59.9 Å². The first kappa shape index (κ1) is 11.3. The average Bonchev–Trinajstić information content (AvgIpc) is 2.39. The first-order chi connectivity index (χ1) is 8.34. The fourth-order valence-corrected chi connectivity index (χ4v) is 1.44. The van der Waals surface area contributed by atoms with Crippen LogP contribution in [0.1, 0.15) is 5.56 Å². The van der Waals surface area contributed by atoms with E-state index in [1.54, 1.807) is 0 Å². The second-order valence-corrected chi connectivity index (χ2v) is 3.62. The van der Waals surface area contributed by atoms with E-state index in [9.17, 15) is 4.79 Å². The van der Waals surface area contributed by atoms with E-state index in [1.807, 2.05) is 48.7 Å². The van der Waals surface area contributed by atoms with Gasteiger partial charge >= 0.3 is 6.09 Å². The van der Waals surface area contributed by atoms with Crippen LogP contribution in [0.2, 0.25) is 0 Å². The van der Waals surface area contributed by atoms with Crippen LogP contribution in [0.15, 0.2) is 54.4 Å². The smallest absolute Gasteiger partial charge is 0.411 e. The minimum atomic E-state index is -0.433. The molecule has 1 aromatic carbocycles. The van der Waals surface area contributed by atoms with Crippen molar-refractivity contribution in [2.75, 3.05) is 6.54 Å². The maximum absolute atomic E-state index is 11.5. The standard InChI is InChI=1S/C13H14N2O2/c16-13(15-12-7-4-8-14-9-12)17-10-11-5-2-1-3-6-11/h1-8,14H,9-10H2,(H,15,16). The van der Waals surface area contributed by atoms with Crippen molar-refractivity contribution < 1.29 is 9.53 Å². The van der Waals surface area contributed by atoms with E-state index >= 15 is 0 Å². The van der Waals surface area contributed by atoms with Gasteiger partial charge in [-0.15, -0.1) is 0 Å². The summed E-state index contributed by atoms with van der Waals surface area (Å²) in [5.74, 6) is 0. The zero-order chi connectivity index (χ0) is 11.9. The largest absolute Gasteiger partial charge is 0.444 e. The lowest BCUT2D eigenvalue weighted by atomic mass is 10.2. The molecule has 0 atom stereocenters.